The molecule has 1 atom stereocenters. The van der Waals surface area contributed by atoms with Crippen LogP contribution in [0.2, 0.25) is 0 Å². The van der Waals surface area contributed by atoms with Crippen molar-refractivity contribution >= 4 is 11.6 Å². The summed E-state index contributed by atoms with van der Waals surface area (Å²) in [6.07, 6.45) is 1.31. The summed E-state index contributed by atoms with van der Waals surface area (Å²) in [5.41, 5.74) is 0.925. The van der Waals surface area contributed by atoms with Gasteiger partial charge in [-0.25, -0.2) is 0 Å². The summed E-state index contributed by atoms with van der Waals surface area (Å²) < 4.78 is 4.75. The Hall–Kier alpha value is -1.20. The lowest BCUT2D eigenvalue weighted by atomic mass is 10.1. The Bertz CT molecular complexity index is 268. The van der Waals surface area contributed by atoms with Crippen molar-refractivity contribution in [2.75, 3.05) is 5.88 Å². The average molecular weight is 182 g/mol. The molecule has 12 heavy (non-hydrogen) atoms. The zero-order chi connectivity index (χ0) is 8.81. The van der Waals surface area contributed by atoms with E-state index in [9.17, 15) is 0 Å². The Morgan fingerprint density at radius 1 is 1.42 bits per heavy atom. The van der Waals surface area contributed by atoms with Crippen LogP contribution in [0.25, 0.3) is 0 Å². The number of alkyl halides is 1. The molecular formula is C9H8ClNO. The summed E-state index contributed by atoms with van der Waals surface area (Å²) in [5, 5.41) is 8.30. The lowest BCUT2D eigenvalue weighted by molar-refractivity contribution is 0.186. The molecule has 1 aromatic rings. The molecule has 0 N–H and O–H groups in total. The van der Waals surface area contributed by atoms with Crippen LogP contribution in [0.4, 0.5) is 0 Å². The fourth-order valence-corrected chi connectivity index (χ4v) is 1.16. The van der Waals surface area contributed by atoms with Crippen LogP contribution in [-0.4, -0.2) is 5.88 Å². The first-order valence-corrected chi connectivity index (χ1v) is 4.07. The molecule has 0 saturated carbocycles. The molecule has 1 aromatic carbocycles. The Kier molecular flexibility index (Phi) is 3.43. The number of nitrogens with zero attached hydrogens (tertiary/aromatic N) is 1. The van der Waals surface area contributed by atoms with Gasteiger partial charge in [-0.2, -0.15) is 5.26 Å². The van der Waals surface area contributed by atoms with Crippen molar-refractivity contribution in [1.82, 2.24) is 0 Å². The summed E-state index contributed by atoms with van der Waals surface area (Å²) in [5.74, 6) is 0.289. The molecule has 0 radical (unpaired) electrons. The molecule has 62 valence electrons. The van der Waals surface area contributed by atoms with E-state index in [2.05, 4.69) is 0 Å². The van der Waals surface area contributed by atoms with Crippen molar-refractivity contribution in [3.8, 4) is 6.26 Å². The highest BCUT2D eigenvalue weighted by atomic mass is 35.5. The Morgan fingerprint density at radius 3 is 2.58 bits per heavy atom. The van der Waals surface area contributed by atoms with Gasteiger partial charge in [-0.1, -0.05) is 30.3 Å². The molecule has 0 amide bonds. The minimum absolute atomic E-state index is 0.289. The fraction of sp³-hybridized carbons (Fsp3) is 0.222. The number of nitriles is 1. The fourth-order valence-electron chi connectivity index (χ4n) is 0.920. The number of hydrogen-bond donors (Lipinski definition) is 0. The van der Waals surface area contributed by atoms with Gasteiger partial charge in [0.25, 0.3) is 6.26 Å². The largest absolute Gasteiger partial charge is 0.418 e. The van der Waals surface area contributed by atoms with Crippen LogP contribution in [-0.2, 0) is 4.74 Å². The topological polar surface area (TPSA) is 33.0 Å². The monoisotopic (exact) mass is 181 g/mol. The van der Waals surface area contributed by atoms with Crippen LogP contribution in [0, 0.1) is 11.5 Å². The van der Waals surface area contributed by atoms with E-state index in [1.807, 2.05) is 30.3 Å². The quantitative estimate of drug-likeness (QED) is 0.530. The smallest absolute Gasteiger partial charge is 0.286 e. The average Bonchev–Trinajstić information content (AvgIpc) is 2.15. The van der Waals surface area contributed by atoms with Crippen molar-refractivity contribution in [3.63, 3.8) is 0 Å². The lowest BCUT2D eigenvalue weighted by Crippen LogP contribution is -2.01. The first-order chi connectivity index (χ1) is 5.88. The third-order valence-electron chi connectivity index (χ3n) is 1.51. The van der Waals surface area contributed by atoms with E-state index < -0.39 is 0 Å². The number of rotatable bonds is 3. The van der Waals surface area contributed by atoms with E-state index in [0.717, 1.165) is 5.56 Å². The standard InChI is InChI=1S/C9H8ClNO/c10-6-9(12-7-11)8-4-2-1-3-5-8/h1-5,9H,6H2. The Labute approximate surface area is 76.3 Å². The zero-order valence-electron chi connectivity index (χ0n) is 6.40. The van der Waals surface area contributed by atoms with Gasteiger partial charge in [0.05, 0.1) is 5.88 Å². The molecule has 1 rings (SSSR count). The first kappa shape index (κ1) is 8.89. The Morgan fingerprint density at radius 2 is 2.08 bits per heavy atom. The SMILES string of the molecule is N#COC(CCl)c1ccccc1. The minimum atomic E-state index is -0.321. The second-order valence-electron chi connectivity index (χ2n) is 2.26. The van der Waals surface area contributed by atoms with Gasteiger partial charge in [-0.15, -0.1) is 11.6 Å². The second kappa shape index (κ2) is 4.63. The van der Waals surface area contributed by atoms with Gasteiger partial charge in [0.2, 0.25) is 0 Å². The van der Waals surface area contributed by atoms with Crippen molar-refractivity contribution in [1.29, 1.82) is 5.26 Å². The predicted octanol–water partition coefficient (Wildman–Crippen LogP) is 2.46. The molecule has 0 aliphatic rings. The molecule has 0 spiro atoms. The van der Waals surface area contributed by atoms with Crippen molar-refractivity contribution in [2.45, 2.75) is 6.10 Å². The summed E-state index contributed by atoms with van der Waals surface area (Å²) in [6.45, 7) is 0. The maximum atomic E-state index is 8.30. The molecule has 0 aliphatic carbocycles. The molecule has 0 aromatic heterocycles. The molecular weight excluding hydrogens is 174 g/mol. The summed E-state index contributed by atoms with van der Waals surface area (Å²) in [7, 11) is 0. The third-order valence-corrected chi connectivity index (χ3v) is 1.79. The van der Waals surface area contributed by atoms with Crippen molar-refractivity contribution in [2.24, 2.45) is 0 Å². The highest BCUT2D eigenvalue weighted by Gasteiger charge is 2.09. The van der Waals surface area contributed by atoms with E-state index in [1.54, 1.807) is 6.26 Å². The van der Waals surface area contributed by atoms with Gasteiger partial charge in [0.1, 0.15) is 0 Å². The molecule has 0 heterocycles. The lowest BCUT2D eigenvalue weighted by Gasteiger charge is -2.09. The molecule has 0 bridgehead atoms. The van der Waals surface area contributed by atoms with Crippen LogP contribution < -0.4 is 0 Å². The van der Waals surface area contributed by atoms with Crippen LogP contribution in [0.15, 0.2) is 30.3 Å². The molecule has 3 heteroatoms. The number of halogens is 1. The van der Waals surface area contributed by atoms with Gasteiger partial charge in [-0.3, -0.25) is 0 Å². The van der Waals surface area contributed by atoms with E-state index in [0.29, 0.717) is 0 Å². The minimum Gasteiger partial charge on any atom is -0.418 e. The van der Waals surface area contributed by atoms with Crippen LogP contribution in [0.3, 0.4) is 0 Å². The predicted molar refractivity (Wildman–Crippen MR) is 46.6 cm³/mol. The summed E-state index contributed by atoms with van der Waals surface area (Å²) in [6, 6.07) is 9.43. The van der Waals surface area contributed by atoms with E-state index >= 15 is 0 Å². The van der Waals surface area contributed by atoms with Gasteiger partial charge >= 0.3 is 0 Å². The molecule has 2 nitrogen and oxygen atoms in total. The van der Waals surface area contributed by atoms with Crippen molar-refractivity contribution in [3.05, 3.63) is 35.9 Å². The van der Waals surface area contributed by atoms with E-state index in [-0.39, 0.29) is 12.0 Å². The maximum absolute atomic E-state index is 8.30. The van der Waals surface area contributed by atoms with E-state index in [4.69, 9.17) is 21.6 Å². The van der Waals surface area contributed by atoms with Crippen LogP contribution in [0.1, 0.15) is 11.7 Å². The van der Waals surface area contributed by atoms with Gasteiger partial charge in [-0.05, 0) is 5.56 Å². The number of ether oxygens (including phenoxy) is 1. The van der Waals surface area contributed by atoms with E-state index in [1.165, 1.54) is 0 Å². The van der Waals surface area contributed by atoms with Crippen molar-refractivity contribution < 1.29 is 4.74 Å². The summed E-state index contributed by atoms with van der Waals surface area (Å²) >= 11 is 5.60. The van der Waals surface area contributed by atoms with Gasteiger partial charge in [0, 0.05) is 0 Å². The molecule has 0 saturated heterocycles. The van der Waals surface area contributed by atoms with Gasteiger partial charge in [0.15, 0.2) is 6.10 Å². The zero-order valence-corrected chi connectivity index (χ0v) is 7.16. The Balaban J connectivity index is 2.75. The highest BCUT2D eigenvalue weighted by molar-refractivity contribution is 6.18. The molecule has 0 fully saturated rings. The normalized spacial score (nSPS) is 11.7. The highest BCUT2D eigenvalue weighted by Crippen LogP contribution is 2.17. The van der Waals surface area contributed by atoms with Gasteiger partial charge < -0.3 is 4.74 Å². The molecule has 1 unspecified atom stereocenters. The first-order valence-electron chi connectivity index (χ1n) is 3.54. The van der Waals surface area contributed by atoms with Crippen LogP contribution in [0.5, 0.6) is 0 Å². The second-order valence-corrected chi connectivity index (χ2v) is 2.57. The summed E-state index contributed by atoms with van der Waals surface area (Å²) in [4.78, 5) is 0. The molecule has 0 aliphatic heterocycles. The maximum Gasteiger partial charge on any atom is 0.286 e. The number of benzene rings is 1. The number of hydrogen-bond acceptors (Lipinski definition) is 2. The van der Waals surface area contributed by atoms with Crippen LogP contribution >= 0.6 is 11.6 Å². The third kappa shape index (κ3) is 2.14.